The van der Waals surface area contributed by atoms with E-state index in [0.29, 0.717) is 42.6 Å². The maximum atomic E-state index is 12.7. The Bertz CT molecular complexity index is 803. The summed E-state index contributed by atoms with van der Waals surface area (Å²) in [6, 6.07) is 9.07. The highest BCUT2D eigenvalue weighted by Crippen LogP contribution is 2.18. The molecule has 0 saturated heterocycles. The van der Waals surface area contributed by atoms with Crippen molar-refractivity contribution < 1.29 is 9.59 Å². The summed E-state index contributed by atoms with van der Waals surface area (Å²) in [4.78, 5) is 26.7. The Balaban J connectivity index is 1.66. The van der Waals surface area contributed by atoms with Gasteiger partial charge >= 0.3 is 0 Å². The minimum atomic E-state index is -0.225. The minimum absolute atomic E-state index is 0.117. The first kappa shape index (κ1) is 18.5. The Labute approximate surface area is 158 Å². The first-order valence-corrected chi connectivity index (χ1v) is 9.36. The number of halogens is 1. The largest absolute Gasteiger partial charge is 0.351 e. The Morgan fingerprint density at radius 2 is 2.12 bits per heavy atom. The van der Waals surface area contributed by atoms with Gasteiger partial charge in [0, 0.05) is 30.7 Å². The lowest BCUT2D eigenvalue weighted by molar-refractivity contribution is 0.0683. The van der Waals surface area contributed by atoms with Crippen LogP contribution in [-0.4, -0.2) is 39.6 Å². The van der Waals surface area contributed by atoms with Crippen LogP contribution < -0.4 is 5.32 Å². The molecule has 3 rings (SSSR count). The SMILES string of the molecule is CCCCCNC(=O)c1cc2n(n1)CCN(Cc1cccc(Cl)c1)C2=O. The second kappa shape index (κ2) is 8.36. The van der Waals surface area contributed by atoms with Gasteiger partial charge in [0.1, 0.15) is 5.69 Å². The zero-order chi connectivity index (χ0) is 18.5. The highest BCUT2D eigenvalue weighted by molar-refractivity contribution is 6.30. The van der Waals surface area contributed by atoms with Crippen LogP contribution in [0.1, 0.15) is 52.7 Å². The molecule has 2 amide bonds. The van der Waals surface area contributed by atoms with Crippen LogP contribution in [0.2, 0.25) is 5.02 Å². The van der Waals surface area contributed by atoms with E-state index < -0.39 is 0 Å². The predicted molar refractivity (Wildman–Crippen MR) is 100 cm³/mol. The molecule has 1 N–H and O–H groups in total. The van der Waals surface area contributed by atoms with Gasteiger partial charge in [-0.25, -0.2) is 0 Å². The summed E-state index contributed by atoms with van der Waals surface area (Å²) in [6.45, 7) is 4.36. The summed E-state index contributed by atoms with van der Waals surface area (Å²) in [5.41, 5.74) is 1.74. The second-order valence-corrected chi connectivity index (χ2v) is 6.89. The van der Waals surface area contributed by atoms with Gasteiger partial charge in [-0.05, 0) is 24.1 Å². The highest BCUT2D eigenvalue weighted by Gasteiger charge is 2.27. The smallest absolute Gasteiger partial charge is 0.272 e. The predicted octanol–water partition coefficient (Wildman–Crippen LogP) is 3.11. The molecule has 26 heavy (non-hydrogen) atoms. The number of hydrogen-bond acceptors (Lipinski definition) is 3. The monoisotopic (exact) mass is 374 g/mol. The number of rotatable bonds is 7. The molecule has 138 valence electrons. The normalized spacial score (nSPS) is 13.6. The van der Waals surface area contributed by atoms with Crippen molar-refractivity contribution in [3.05, 3.63) is 52.3 Å². The van der Waals surface area contributed by atoms with Gasteiger partial charge in [-0.15, -0.1) is 0 Å². The fraction of sp³-hybridized carbons (Fsp3) is 0.421. The van der Waals surface area contributed by atoms with Crippen molar-refractivity contribution >= 4 is 23.4 Å². The maximum Gasteiger partial charge on any atom is 0.272 e. The summed E-state index contributed by atoms with van der Waals surface area (Å²) in [6.07, 6.45) is 3.13. The lowest BCUT2D eigenvalue weighted by Gasteiger charge is -2.27. The van der Waals surface area contributed by atoms with Gasteiger partial charge in [-0.1, -0.05) is 43.5 Å². The molecule has 0 aliphatic carbocycles. The Morgan fingerprint density at radius 1 is 1.27 bits per heavy atom. The van der Waals surface area contributed by atoms with E-state index in [9.17, 15) is 9.59 Å². The Hall–Kier alpha value is -2.34. The van der Waals surface area contributed by atoms with E-state index in [1.165, 1.54) is 0 Å². The van der Waals surface area contributed by atoms with Crippen molar-refractivity contribution in [1.82, 2.24) is 20.0 Å². The highest BCUT2D eigenvalue weighted by atomic mass is 35.5. The van der Waals surface area contributed by atoms with Crippen molar-refractivity contribution in [2.24, 2.45) is 0 Å². The van der Waals surface area contributed by atoms with Crippen molar-refractivity contribution in [3.63, 3.8) is 0 Å². The van der Waals surface area contributed by atoms with Gasteiger partial charge in [0.25, 0.3) is 11.8 Å². The van der Waals surface area contributed by atoms with Crippen molar-refractivity contribution in [2.75, 3.05) is 13.1 Å². The van der Waals surface area contributed by atoms with E-state index >= 15 is 0 Å². The number of carbonyl (C=O) groups is 2. The first-order valence-electron chi connectivity index (χ1n) is 8.98. The molecule has 0 bridgehead atoms. The number of fused-ring (bicyclic) bond motifs is 1. The molecule has 1 aromatic heterocycles. The molecule has 1 aromatic carbocycles. The molecule has 2 aromatic rings. The van der Waals surface area contributed by atoms with Crippen LogP contribution in [0.3, 0.4) is 0 Å². The van der Waals surface area contributed by atoms with Crippen LogP contribution in [-0.2, 0) is 13.1 Å². The van der Waals surface area contributed by atoms with E-state index in [1.807, 2.05) is 24.3 Å². The number of carbonyl (C=O) groups excluding carboxylic acids is 2. The Morgan fingerprint density at radius 3 is 2.88 bits per heavy atom. The quantitative estimate of drug-likeness (QED) is 0.757. The van der Waals surface area contributed by atoms with E-state index in [-0.39, 0.29) is 11.8 Å². The van der Waals surface area contributed by atoms with Crippen LogP contribution >= 0.6 is 11.6 Å². The number of unbranched alkanes of at least 4 members (excludes halogenated alkanes) is 2. The van der Waals surface area contributed by atoms with Crippen LogP contribution in [0, 0.1) is 0 Å². The van der Waals surface area contributed by atoms with Gasteiger partial charge in [-0.2, -0.15) is 5.10 Å². The van der Waals surface area contributed by atoms with Crippen LogP contribution in [0.25, 0.3) is 0 Å². The van der Waals surface area contributed by atoms with Crippen molar-refractivity contribution in [3.8, 4) is 0 Å². The van der Waals surface area contributed by atoms with E-state index in [4.69, 9.17) is 11.6 Å². The molecule has 0 unspecified atom stereocenters. The van der Waals surface area contributed by atoms with Gasteiger partial charge in [-0.3, -0.25) is 14.3 Å². The standard InChI is InChI=1S/C19H23ClN4O2/c1-2-3-4-8-21-18(25)16-12-17-19(26)23(9-10-24(17)22-16)13-14-6-5-7-15(20)11-14/h5-7,11-12H,2-4,8-10,13H2,1H3,(H,21,25). The third-order valence-electron chi connectivity index (χ3n) is 4.43. The van der Waals surface area contributed by atoms with E-state index in [1.54, 1.807) is 15.6 Å². The molecule has 1 aliphatic heterocycles. The summed E-state index contributed by atoms with van der Waals surface area (Å²) in [7, 11) is 0. The van der Waals surface area contributed by atoms with Gasteiger partial charge in [0.05, 0.1) is 6.54 Å². The van der Waals surface area contributed by atoms with E-state index in [2.05, 4.69) is 17.3 Å². The average molecular weight is 375 g/mol. The lowest BCUT2D eigenvalue weighted by atomic mass is 10.2. The molecule has 0 spiro atoms. The number of aromatic nitrogens is 2. The van der Waals surface area contributed by atoms with Gasteiger partial charge in [0.15, 0.2) is 5.69 Å². The third-order valence-corrected chi connectivity index (χ3v) is 4.66. The summed E-state index contributed by atoms with van der Waals surface area (Å²) < 4.78 is 1.62. The molecule has 0 saturated carbocycles. The zero-order valence-corrected chi connectivity index (χ0v) is 15.6. The third kappa shape index (κ3) is 4.25. The number of nitrogens with zero attached hydrogens (tertiary/aromatic N) is 3. The topological polar surface area (TPSA) is 67.2 Å². The lowest BCUT2D eigenvalue weighted by Crippen LogP contribution is -2.39. The number of amides is 2. The second-order valence-electron chi connectivity index (χ2n) is 6.46. The molecule has 0 atom stereocenters. The first-order chi connectivity index (χ1) is 12.6. The molecule has 6 nitrogen and oxygen atoms in total. The fourth-order valence-electron chi connectivity index (χ4n) is 3.02. The van der Waals surface area contributed by atoms with Gasteiger partial charge in [0.2, 0.25) is 0 Å². The molecule has 2 heterocycles. The maximum absolute atomic E-state index is 12.7. The minimum Gasteiger partial charge on any atom is -0.351 e. The van der Waals surface area contributed by atoms with Crippen LogP contribution in [0.15, 0.2) is 30.3 Å². The summed E-state index contributed by atoms with van der Waals surface area (Å²) in [5, 5.41) is 7.80. The molecule has 0 radical (unpaired) electrons. The number of nitrogens with one attached hydrogen (secondary N) is 1. The summed E-state index contributed by atoms with van der Waals surface area (Å²) >= 11 is 6.02. The average Bonchev–Trinajstić information content (AvgIpc) is 3.06. The molecule has 0 fully saturated rings. The van der Waals surface area contributed by atoms with Gasteiger partial charge < -0.3 is 10.2 Å². The molecular weight excluding hydrogens is 352 g/mol. The van der Waals surface area contributed by atoms with Crippen LogP contribution in [0.4, 0.5) is 0 Å². The van der Waals surface area contributed by atoms with E-state index in [0.717, 1.165) is 24.8 Å². The van der Waals surface area contributed by atoms with Crippen molar-refractivity contribution in [1.29, 1.82) is 0 Å². The zero-order valence-electron chi connectivity index (χ0n) is 14.9. The fourth-order valence-corrected chi connectivity index (χ4v) is 3.24. The van der Waals surface area contributed by atoms with Crippen LogP contribution in [0.5, 0.6) is 0 Å². The Kier molecular flexibility index (Phi) is 5.93. The molecule has 7 heteroatoms. The number of hydrogen-bond donors (Lipinski definition) is 1. The summed E-state index contributed by atoms with van der Waals surface area (Å²) in [5.74, 6) is -0.342. The molecular formula is C19H23ClN4O2. The molecule has 1 aliphatic rings. The van der Waals surface area contributed by atoms with Crippen molar-refractivity contribution in [2.45, 2.75) is 39.3 Å². The number of benzene rings is 1.